The third-order valence-corrected chi connectivity index (χ3v) is 6.11. The van der Waals surface area contributed by atoms with E-state index in [1.165, 1.54) is 6.33 Å². The van der Waals surface area contributed by atoms with Crippen LogP contribution in [0.15, 0.2) is 30.6 Å². The van der Waals surface area contributed by atoms with Crippen LogP contribution in [0.5, 0.6) is 5.75 Å². The van der Waals surface area contributed by atoms with Crippen LogP contribution < -0.4 is 15.4 Å². The second kappa shape index (κ2) is 10.7. The van der Waals surface area contributed by atoms with Crippen molar-refractivity contribution in [3.05, 3.63) is 47.5 Å². The summed E-state index contributed by atoms with van der Waals surface area (Å²) in [7, 11) is 1.58. The normalized spacial score (nSPS) is 17.5. The van der Waals surface area contributed by atoms with Crippen molar-refractivity contribution >= 4 is 17.7 Å². The highest BCUT2D eigenvalue weighted by atomic mass is 16.5. The molecule has 2 aromatic rings. The molecule has 0 radical (unpaired) electrons. The molecule has 1 aromatic heterocycles. The summed E-state index contributed by atoms with van der Waals surface area (Å²) in [6.45, 7) is 9.38. The molecule has 3 rings (SSSR count). The molecule has 2 N–H and O–H groups in total. The van der Waals surface area contributed by atoms with E-state index in [-0.39, 0.29) is 36.3 Å². The van der Waals surface area contributed by atoms with Crippen molar-refractivity contribution in [2.24, 2.45) is 5.92 Å². The van der Waals surface area contributed by atoms with Crippen LogP contribution in [0, 0.1) is 5.92 Å². The Morgan fingerprint density at radius 1 is 1.26 bits per heavy atom. The third kappa shape index (κ3) is 5.24. The van der Waals surface area contributed by atoms with E-state index >= 15 is 0 Å². The van der Waals surface area contributed by atoms with Gasteiger partial charge < -0.3 is 24.8 Å². The zero-order valence-corrected chi connectivity index (χ0v) is 20.7. The van der Waals surface area contributed by atoms with Gasteiger partial charge in [0.05, 0.1) is 20.0 Å². The number of nitrogens with one attached hydrogen (secondary N) is 2. The van der Waals surface area contributed by atoms with Crippen LogP contribution in [0.4, 0.5) is 0 Å². The lowest BCUT2D eigenvalue weighted by molar-refractivity contribution is -0.132. The molecule has 1 aliphatic rings. The molecule has 0 bridgehead atoms. The van der Waals surface area contributed by atoms with E-state index in [4.69, 9.17) is 4.74 Å². The number of hydrogen-bond acceptors (Lipinski definition) is 5. The first-order valence-corrected chi connectivity index (χ1v) is 11.8. The topological polar surface area (TPSA) is 106 Å². The van der Waals surface area contributed by atoms with Gasteiger partial charge in [0, 0.05) is 19.6 Å². The molecule has 0 unspecified atom stereocenters. The average molecular weight is 470 g/mol. The molecule has 9 heteroatoms. The van der Waals surface area contributed by atoms with E-state index in [1.807, 2.05) is 31.2 Å². The number of fused-ring (bicyclic) bond motifs is 1. The number of hydrogen-bond donors (Lipinski definition) is 2. The van der Waals surface area contributed by atoms with Crippen molar-refractivity contribution in [1.29, 1.82) is 0 Å². The lowest BCUT2D eigenvalue weighted by atomic mass is 9.93. The molecule has 3 amide bonds. The van der Waals surface area contributed by atoms with Gasteiger partial charge in [0.2, 0.25) is 5.91 Å². The zero-order valence-electron chi connectivity index (χ0n) is 20.7. The molecule has 34 heavy (non-hydrogen) atoms. The predicted octanol–water partition coefficient (Wildman–Crippen LogP) is 2.61. The van der Waals surface area contributed by atoms with Gasteiger partial charge in [-0.3, -0.25) is 14.4 Å². The SMILES string of the molecule is CCCN1C(=O)c2c(C(=O)NCc3cccc(OC)c3)ncn2C[C@@]1(C)C(=O)NCCC(C)C. The summed E-state index contributed by atoms with van der Waals surface area (Å²) in [6.07, 6.45) is 3.01. The van der Waals surface area contributed by atoms with E-state index in [9.17, 15) is 14.4 Å². The number of carbonyl (C=O) groups excluding carboxylic acids is 3. The van der Waals surface area contributed by atoms with Crippen molar-refractivity contribution in [1.82, 2.24) is 25.1 Å². The van der Waals surface area contributed by atoms with Crippen LogP contribution >= 0.6 is 0 Å². The van der Waals surface area contributed by atoms with Gasteiger partial charge in [-0.2, -0.15) is 0 Å². The van der Waals surface area contributed by atoms with Crippen LogP contribution in [-0.4, -0.2) is 57.9 Å². The summed E-state index contributed by atoms with van der Waals surface area (Å²) in [6, 6.07) is 7.38. The van der Waals surface area contributed by atoms with Crippen molar-refractivity contribution in [2.45, 2.75) is 59.2 Å². The molecule has 2 heterocycles. The first kappa shape index (κ1) is 25.3. The summed E-state index contributed by atoms with van der Waals surface area (Å²) in [5, 5.41) is 5.82. The van der Waals surface area contributed by atoms with Crippen LogP contribution in [0.25, 0.3) is 0 Å². The fourth-order valence-corrected chi connectivity index (χ4v) is 4.14. The van der Waals surface area contributed by atoms with E-state index in [0.29, 0.717) is 31.2 Å². The Morgan fingerprint density at radius 2 is 2.03 bits per heavy atom. The lowest BCUT2D eigenvalue weighted by Gasteiger charge is -2.43. The van der Waals surface area contributed by atoms with E-state index < -0.39 is 11.4 Å². The van der Waals surface area contributed by atoms with Gasteiger partial charge in [-0.1, -0.05) is 32.9 Å². The highest BCUT2D eigenvalue weighted by molar-refractivity contribution is 6.07. The highest BCUT2D eigenvalue weighted by Crippen LogP contribution is 2.29. The number of nitrogens with zero attached hydrogens (tertiary/aromatic N) is 3. The van der Waals surface area contributed by atoms with Gasteiger partial charge >= 0.3 is 0 Å². The second-order valence-electron chi connectivity index (χ2n) is 9.27. The Labute approximate surface area is 200 Å². The van der Waals surface area contributed by atoms with Gasteiger partial charge in [0.25, 0.3) is 11.8 Å². The smallest absolute Gasteiger partial charge is 0.273 e. The predicted molar refractivity (Wildman–Crippen MR) is 129 cm³/mol. The van der Waals surface area contributed by atoms with Gasteiger partial charge in [-0.15, -0.1) is 0 Å². The van der Waals surface area contributed by atoms with E-state index in [1.54, 1.807) is 23.5 Å². The van der Waals surface area contributed by atoms with Crippen molar-refractivity contribution in [3.8, 4) is 5.75 Å². The maximum atomic E-state index is 13.5. The van der Waals surface area contributed by atoms with Crippen LogP contribution in [-0.2, 0) is 17.9 Å². The highest BCUT2D eigenvalue weighted by Gasteiger charge is 2.48. The first-order chi connectivity index (χ1) is 16.2. The number of rotatable bonds is 10. The molecule has 1 aliphatic heterocycles. The van der Waals surface area contributed by atoms with Gasteiger partial charge in [-0.25, -0.2) is 4.98 Å². The molecular weight excluding hydrogens is 434 g/mol. The minimum atomic E-state index is -1.06. The molecule has 0 aliphatic carbocycles. The molecule has 0 saturated carbocycles. The quantitative estimate of drug-likeness (QED) is 0.557. The minimum Gasteiger partial charge on any atom is -0.497 e. The van der Waals surface area contributed by atoms with E-state index in [2.05, 4.69) is 29.5 Å². The molecule has 0 spiro atoms. The number of aromatic nitrogens is 2. The summed E-state index contributed by atoms with van der Waals surface area (Å²) in [5.74, 6) is 0.164. The van der Waals surface area contributed by atoms with Crippen LogP contribution in [0.1, 0.15) is 67.1 Å². The Hall–Kier alpha value is -3.36. The third-order valence-electron chi connectivity index (χ3n) is 6.11. The number of methoxy groups -OCH3 is 1. The van der Waals surface area contributed by atoms with Gasteiger partial charge in [0.15, 0.2) is 5.69 Å². The lowest BCUT2D eigenvalue weighted by Crippen LogP contribution is -2.64. The molecule has 1 aromatic carbocycles. The number of amides is 3. The fourth-order valence-electron chi connectivity index (χ4n) is 4.14. The number of imidazole rings is 1. The molecule has 0 fully saturated rings. The maximum absolute atomic E-state index is 13.5. The number of ether oxygens (including phenoxy) is 1. The standard InChI is InChI=1S/C25H35N5O4/c1-6-12-30-23(32)21-20(22(31)27-14-18-8-7-9-19(13-18)34-5)28-16-29(21)15-25(30,4)24(33)26-11-10-17(2)3/h7-9,13,16-17H,6,10-12,14-15H2,1-5H3,(H,26,33)(H,27,31)/t25-/m0/s1. The number of carbonyl (C=O) groups is 3. The molecule has 9 nitrogen and oxygen atoms in total. The van der Waals surface area contributed by atoms with E-state index in [0.717, 1.165) is 12.0 Å². The second-order valence-corrected chi connectivity index (χ2v) is 9.27. The molecule has 1 atom stereocenters. The van der Waals surface area contributed by atoms with Crippen molar-refractivity contribution in [2.75, 3.05) is 20.2 Å². The van der Waals surface area contributed by atoms with Crippen molar-refractivity contribution < 1.29 is 19.1 Å². The Balaban J connectivity index is 1.81. The molecule has 0 saturated heterocycles. The largest absolute Gasteiger partial charge is 0.497 e. The Kier molecular flexibility index (Phi) is 7.96. The average Bonchev–Trinajstić information content (AvgIpc) is 3.23. The van der Waals surface area contributed by atoms with Crippen LogP contribution in [0.2, 0.25) is 0 Å². The summed E-state index contributed by atoms with van der Waals surface area (Å²) in [4.78, 5) is 45.5. The van der Waals surface area contributed by atoms with Gasteiger partial charge in [-0.05, 0) is 43.4 Å². The van der Waals surface area contributed by atoms with Crippen molar-refractivity contribution in [3.63, 3.8) is 0 Å². The van der Waals surface area contributed by atoms with Gasteiger partial charge in [0.1, 0.15) is 17.0 Å². The minimum absolute atomic E-state index is 0.0660. The van der Waals surface area contributed by atoms with Crippen LogP contribution in [0.3, 0.4) is 0 Å². The maximum Gasteiger partial charge on any atom is 0.273 e. The fraction of sp³-hybridized carbons (Fsp3) is 0.520. The molecule has 184 valence electrons. The summed E-state index contributed by atoms with van der Waals surface area (Å²) >= 11 is 0. The summed E-state index contributed by atoms with van der Waals surface area (Å²) < 4.78 is 6.84. The molecular formula is C25H35N5O4. The Morgan fingerprint density at radius 3 is 2.71 bits per heavy atom. The number of benzene rings is 1. The first-order valence-electron chi connectivity index (χ1n) is 11.8. The zero-order chi connectivity index (χ0) is 24.9. The Bertz CT molecular complexity index is 1050. The monoisotopic (exact) mass is 469 g/mol. The summed E-state index contributed by atoms with van der Waals surface area (Å²) in [5.41, 5.74) is 0.0808.